The molecule has 0 aliphatic rings. The van der Waals surface area contributed by atoms with Gasteiger partial charge in [-0.05, 0) is 29.7 Å². The highest BCUT2D eigenvalue weighted by atomic mass is 32.2. The number of hydrogen-bond acceptors (Lipinski definition) is 2. The molecule has 0 aliphatic heterocycles. The summed E-state index contributed by atoms with van der Waals surface area (Å²) in [6, 6.07) is 7.71. The second kappa shape index (κ2) is 3.32. The molecule has 0 aromatic heterocycles. The van der Waals surface area contributed by atoms with Crippen molar-refractivity contribution in [2.75, 3.05) is 5.73 Å². The van der Waals surface area contributed by atoms with E-state index in [0.29, 0.717) is 0 Å². The Kier molecular flexibility index (Phi) is 2.40. The summed E-state index contributed by atoms with van der Waals surface area (Å²) in [6.45, 7) is 3.61. The van der Waals surface area contributed by atoms with E-state index >= 15 is 0 Å². The third-order valence-corrected chi connectivity index (χ3v) is 1.81. The van der Waals surface area contributed by atoms with Gasteiger partial charge in [-0.15, -0.1) is 0 Å². The Morgan fingerprint density at radius 3 is 2.40 bits per heavy atom. The number of benzene rings is 1. The molecule has 1 aromatic carbocycles. The largest absolute Gasteiger partial charge is 0.399 e. The minimum atomic E-state index is 0.799. The smallest absolute Gasteiger partial charge is 0.0314 e. The van der Waals surface area contributed by atoms with Crippen LogP contribution in [-0.2, 0) is 0 Å². The molecular weight excluding hydrogens is 142 g/mol. The molecule has 2 heteroatoms. The Labute approximate surface area is 64.9 Å². The van der Waals surface area contributed by atoms with Gasteiger partial charge in [0.25, 0.3) is 0 Å². The summed E-state index contributed by atoms with van der Waals surface area (Å²) in [6.07, 6.45) is 0. The Morgan fingerprint density at radius 1 is 1.30 bits per heavy atom. The second-order valence-electron chi connectivity index (χ2n) is 1.85. The summed E-state index contributed by atoms with van der Waals surface area (Å²) >= 11 is 1.59. The Hall–Kier alpha value is -0.890. The maximum Gasteiger partial charge on any atom is 0.0314 e. The molecule has 0 radical (unpaired) electrons. The molecule has 2 N–H and O–H groups in total. The first kappa shape index (κ1) is 7.22. The molecule has 0 bridgehead atoms. The van der Waals surface area contributed by atoms with Crippen molar-refractivity contribution < 1.29 is 0 Å². The Balaban J connectivity index is 2.78. The summed E-state index contributed by atoms with van der Waals surface area (Å²) in [5, 5.41) is 1.80. The van der Waals surface area contributed by atoms with Crippen molar-refractivity contribution in [2.45, 2.75) is 4.90 Å². The number of nitrogen functional groups attached to an aromatic ring is 1. The molecule has 0 atom stereocenters. The lowest BCUT2D eigenvalue weighted by Gasteiger charge is -1.94. The fourth-order valence-electron chi connectivity index (χ4n) is 0.643. The van der Waals surface area contributed by atoms with E-state index in [4.69, 9.17) is 5.73 Å². The first-order valence-electron chi connectivity index (χ1n) is 2.96. The van der Waals surface area contributed by atoms with Gasteiger partial charge in [-0.2, -0.15) is 0 Å². The molecule has 1 nitrogen and oxygen atoms in total. The van der Waals surface area contributed by atoms with Gasteiger partial charge in [0.1, 0.15) is 0 Å². The highest BCUT2D eigenvalue weighted by Crippen LogP contribution is 2.18. The van der Waals surface area contributed by atoms with Crippen LogP contribution in [0.15, 0.2) is 41.1 Å². The summed E-state index contributed by atoms with van der Waals surface area (Å²) in [4.78, 5) is 1.17. The van der Waals surface area contributed by atoms with E-state index in [1.165, 1.54) is 4.90 Å². The average Bonchev–Trinajstić information content (AvgIpc) is 1.95. The van der Waals surface area contributed by atoms with Gasteiger partial charge < -0.3 is 5.73 Å². The van der Waals surface area contributed by atoms with Crippen LogP contribution in [0.4, 0.5) is 5.69 Å². The SMILES string of the molecule is C=CSc1ccc(N)cc1. The van der Waals surface area contributed by atoms with Gasteiger partial charge in [0, 0.05) is 10.6 Å². The first-order chi connectivity index (χ1) is 4.83. The van der Waals surface area contributed by atoms with Crippen LogP contribution in [0.2, 0.25) is 0 Å². The number of nitrogens with two attached hydrogens (primary N) is 1. The molecule has 0 spiro atoms. The quantitative estimate of drug-likeness (QED) is 0.519. The van der Waals surface area contributed by atoms with Crippen LogP contribution in [0.25, 0.3) is 0 Å². The van der Waals surface area contributed by atoms with Gasteiger partial charge >= 0.3 is 0 Å². The molecule has 10 heavy (non-hydrogen) atoms. The number of rotatable bonds is 2. The molecular formula is C8H9NS. The standard InChI is InChI=1S/C8H9NS/c1-2-10-8-5-3-7(9)4-6-8/h2-6H,1,9H2. The molecule has 1 aromatic rings. The molecule has 52 valence electrons. The fourth-order valence-corrected chi connectivity index (χ4v) is 1.13. The van der Waals surface area contributed by atoms with Crippen molar-refractivity contribution in [3.05, 3.63) is 36.3 Å². The normalized spacial score (nSPS) is 9.20. The van der Waals surface area contributed by atoms with Crippen molar-refractivity contribution in [2.24, 2.45) is 0 Å². The topological polar surface area (TPSA) is 26.0 Å². The lowest BCUT2D eigenvalue weighted by atomic mass is 10.3. The lowest BCUT2D eigenvalue weighted by molar-refractivity contribution is 1.47. The van der Waals surface area contributed by atoms with Crippen LogP contribution < -0.4 is 5.73 Å². The molecule has 0 unspecified atom stereocenters. The average molecular weight is 151 g/mol. The Morgan fingerprint density at radius 2 is 1.90 bits per heavy atom. The predicted octanol–water partition coefficient (Wildman–Crippen LogP) is 2.50. The van der Waals surface area contributed by atoms with Gasteiger partial charge in [0.2, 0.25) is 0 Å². The number of hydrogen-bond donors (Lipinski definition) is 1. The van der Waals surface area contributed by atoms with Gasteiger partial charge in [0.15, 0.2) is 0 Å². The molecule has 1 rings (SSSR count). The van der Waals surface area contributed by atoms with E-state index in [1.54, 1.807) is 17.2 Å². The van der Waals surface area contributed by atoms with Crippen molar-refractivity contribution in [1.82, 2.24) is 0 Å². The number of thioether (sulfide) groups is 1. The fraction of sp³-hybridized carbons (Fsp3) is 0. The zero-order valence-electron chi connectivity index (χ0n) is 5.58. The van der Waals surface area contributed by atoms with Gasteiger partial charge in [-0.25, -0.2) is 0 Å². The van der Waals surface area contributed by atoms with Crippen LogP contribution in [-0.4, -0.2) is 0 Å². The minimum absolute atomic E-state index is 0.799. The van der Waals surface area contributed by atoms with Gasteiger partial charge in [0.05, 0.1) is 0 Å². The second-order valence-corrected chi connectivity index (χ2v) is 2.89. The monoisotopic (exact) mass is 151 g/mol. The van der Waals surface area contributed by atoms with E-state index in [1.807, 2.05) is 24.3 Å². The zero-order chi connectivity index (χ0) is 7.40. The van der Waals surface area contributed by atoms with E-state index in [-0.39, 0.29) is 0 Å². The Bertz CT molecular complexity index is 215. The minimum Gasteiger partial charge on any atom is -0.399 e. The third-order valence-electron chi connectivity index (χ3n) is 1.10. The highest BCUT2D eigenvalue weighted by molar-refractivity contribution is 8.02. The van der Waals surface area contributed by atoms with Crippen molar-refractivity contribution >= 4 is 17.4 Å². The maximum atomic E-state index is 5.49. The van der Waals surface area contributed by atoms with Crippen LogP contribution in [0, 0.1) is 0 Å². The van der Waals surface area contributed by atoms with Crippen molar-refractivity contribution in [3.63, 3.8) is 0 Å². The van der Waals surface area contributed by atoms with Crippen LogP contribution >= 0.6 is 11.8 Å². The zero-order valence-corrected chi connectivity index (χ0v) is 6.40. The van der Waals surface area contributed by atoms with Gasteiger partial charge in [-0.3, -0.25) is 0 Å². The molecule has 0 heterocycles. The third kappa shape index (κ3) is 1.81. The van der Waals surface area contributed by atoms with Crippen LogP contribution in [0.3, 0.4) is 0 Å². The van der Waals surface area contributed by atoms with E-state index in [0.717, 1.165) is 5.69 Å². The van der Waals surface area contributed by atoms with Crippen molar-refractivity contribution in [1.29, 1.82) is 0 Å². The molecule has 0 saturated heterocycles. The lowest BCUT2D eigenvalue weighted by Crippen LogP contribution is -1.81. The van der Waals surface area contributed by atoms with E-state index < -0.39 is 0 Å². The van der Waals surface area contributed by atoms with Gasteiger partial charge in [-0.1, -0.05) is 18.3 Å². The molecule has 0 fully saturated rings. The predicted molar refractivity (Wildman–Crippen MR) is 46.9 cm³/mol. The highest BCUT2D eigenvalue weighted by Gasteiger charge is 1.87. The molecule has 0 aliphatic carbocycles. The molecule has 0 saturated carbocycles. The van der Waals surface area contributed by atoms with E-state index in [9.17, 15) is 0 Å². The van der Waals surface area contributed by atoms with Crippen molar-refractivity contribution in [3.8, 4) is 0 Å². The maximum absolute atomic E-state index is 5.49. The van der Waals surface area contributed by atoms with Crippen LogP contribution in [0.5, 0.6) is 0 Å². The summed E-state index contributed by atoms with van der Waals surface area (Å²) in [7, 11) is 0. The first-order valence-corrected chi connectivity index (χ1v) is 3.84. The molecule has 0 amide bonds. The number of anilines is 1. The summed E-state index contributed by atoms with van der Waals surface area (Å²) in [5.41, 5.74) is 6.29. The van der Waals surface area contributed by atoms with Crippen LogP contribution in [0.1, 0.15) is 0 Å². The summed E-state index contributed by atoms with van der Waals surface area (Å²) < 4.78 is 0. The summed E-state index contributed by atoms with van der Waals surface area (Å²) in [5.74, 6) is 0. The van der Waals surface area contributed by atoms with E-state index in [2.05, 4.69) is 6.58 Å².